The monoisotopic (exact) mass is 344 g/mol. The van der Waals surface area contributed by atoms with Crippen LogP contribution < -0.4 is 9.47 Å². The summed E-state index contributed by atoms with van der Waals surface area (Å²) in [5.41, 5.74) is 0.346. The van der Waals surface area contributed by atoms with Gasteiger partial charge in [-0.3, -0.25) is 0 Å². The lowest BCUT2D eigenvalue weighted by atomic mass is 10.1. The fraction of sp³-hybridized carbons (Fsp3) is 0.455. The van der Waals surface area contributed by atoms with Crippen molar-refractivity contribution in [3.63, 3.8) is 0 Å². The molecule has 18 heavy (non-hydrogen) atoms. The van der Waals surface area contributed by atoms with Gasteiger partial charge in [0.15, 0.2) is 11.5 Å². The molecule has 1 unspecified atom stereocenters. The van der Waals surface area contributed by atoms with Crippen LogP contribution in [0.4, 0.5) is 13.2 Å². The van der Waals surface area contributed by atoms with Gasteiger partial charge in [-0.25, -0.2) is 0 Å². The number of fused-ring (bicyclic) bond motifs is 1. The molecule has 1 atom stereocenters. The molecule has 100 valence electrons. The molecule has 7 heteroatoms. The minimum atomic E-state index is -4.26. The second-order valence-corrected chi connectivity index (χ2v) is 5.32. The highest BCUT2D eigenvalue weighted by molar-refractivity contribution is 9.09. The number of hydrogen-bond donors (Lipinski definition) is 0. The minimum Gasteiger partial charge on any atom is -0.486 e. The summed E-state index contributed by atoms with van der Waals surface area (Å²) in [6.07, 6.45) is -5.25. The van der Waals surface area contributed by atoms with E-state index >= 15 is 0 Å². The molecule has 0 bridgehead atoms. The Hall–Kier alpha value is -0.620. The van der Waals surface area contributed by atoms with E-state index in [0.717, 1.165) is 0 Å². The molecule has 1 aliphatic rings. The van der Waals surface area contributed by atoms with Gasteiger partial charge in [-0.15, -0.1) is 0 Å². The largest absolute Gasteiger partial charge is 0.486 e. The summed E-state index contributed by atoms with van der Waals surface area (Å²) < 4.78 is 47.6. The Bertz CT molecular complexity index is 451. The van der Waals surface area contributed by atoms with Crippen LogP contribution in [0.2, 0.25) is 5.02 Å². The first-order valence-corrected chi connectivity index (χ1v) is 6.46. The Labute approximate surface area is 115 Å². The van der Waals surface area contributed by atoms with Crippen LogP contribution in [-0.2, 0) is 0 Å². The van der Waals surface area contributed by atoms with Crippen molar-refractivity contribution in [2.75, 3.05) is 13.2 Å². The summed E-state index contributed by atoms with van der Waals surface area (Å²) in [5.74, 6) is 0.883. The summed E-state index contributed by atoms with van der Waals surface area (Å²) in [4.78, 5) is -0.902. The second kappa shape index (κ2) is 5.17. The van der Waals surface area contributed by atoms with Crippen molar-refractivity contribution in [1.29, 1.82) is 0 Å². The van der Waals surface area contributed by atoms with Crippen molar-refractivity contribution in [3.8, 4) is 11.5 Å². The average Bonchev–Trinajstić information content (AvgIpc) is 2.25. The number of benzene rings is 1. The van der Waals surface area contributed by atoms with Gasteiger partial charge in [-0.2, -0.15) is 13.2 Å². The molecule has 0 saturated heterocycles. The molecule has 0 N–H and O–H groups in total. The van der Waals surface area contributed by atoms with Gasteiger partial charge in [-0.1, -0.05) is 27.5 Å². The van der Waals surface area contributed by atoms with Crippen LogP contribution in [0.5, 0.6) is 11.5 Å². The summed E-state index contributed by atoms with van der Waals surface area (Å²) >= 11 is 8.95. The Balaban J connectivity index is 2.27. The maximum absolute atomic E-state index is 12.3. The number of halogens is 5. The zero-order valence-electron chi connectivity index (χ0n) is 9.06. The van der Waals surface area contributed by atoms with E-state index in [2.05, 4.69) is 15.9 Å². The van der Waals surface area contributed by atoms with Crippen LogP contribution in [-0.4, -0.2) is 19.4 Å². The topological polar surface area (TPSA) is 18.5 Å². The van der Waals surface area contributed by atoms with Crippen LogP contribution in [0.25, 0.3) is 0 Å². The number of hydrogen-bond acceptors (Lipinski definition) is 2. The highest BCUT2D eigenvalue weighted by Crippen LogP contribution is 2.43. The summed E-state index contributed by atoms with van der Waals surface area (Å²) in [5, 5.41) is 0.227. The number of rotatable bonds is 2. The predicted octanol–water partition coefficient (Wildman–Crippen LogP) is 4.50. The van der Waals surface area contributed by atoms with Crippen molar-refractivity contribution in [1.82, 2.24) is 0 Å². The third-order valence-corrected chi connectivity index (χ3v) is 3.55. The standard InChI is InChI=1S/C11H9BrClF3O2/c12-7(5-11(14,15)16)6-3-9-10(4-8(6)13)18-2-1-17-9/h3-4,7H,1-2,5H2. The maximum atomic E-state index is 12.3. The summed E-state index contributed by atoms with van der Waals surface area (Å²) in [6.45, 7) is 0.781. The van der Waals surface area contributed by atoms with E-state index in [0.29, 0.717) is 30.3 Å². The lowest BCUT2D eigenvalue weighted by Crippen LogP contribution is -2.16. The Kier molecular flexibility index (Phi) is 3.96. The fourth-order valence-corrected chi connectivity index (χ4v) is 2.80. The third kappa shape index (κ3) is 3.23. The molecule has 1 aromatic carbocycles. The number of alkyl halides is 4. The third-order valence-electron chi connectivity index (χ3n) is 2.41. The van der Waals surface area contributed by atoms with Crippen molar-refractivity contribution in [3.05, 3.63) is 22.7 Å². The normalized spacial score (nSPS) is 16.5. The first kappa shape index (κ1) is 13.8. The van der Waals surface area contributed by atoms with E-state index < -0.39 is 17.4 Å². The highest BCUT2D eigenvalue weighted by Gasteiger charge is 2.33. The quantitative estimate of drug-likeness (QED) is 0.735. The maximum Gasteiger partial charge on any atom is 0.390 e. The summed E-state index contributed by atoms with van der Waals surface area (Å²) in [7, 11) is 0. The lowest BCUT2D eigenvalue weighted by Gasteiger charge is -2.21. The van der Waals surface area contributed by atoms with Crippen molar-refractivity contribution >= 4 is 27.5 Å². The van der Waals surface area contributed by atoms with E-state index in [1.54, 1.807) is 0 Å². The van der Waals surface area contributed by atoms with Crippen LogP contribution >= 0.6 is 27.5 Å². The minimum absolute atomic E-state index is 0.227. The smallest absolute Gasteiger partial charge is 0.390 e. The molecule has 0 saturated carbocycles. The Morgan fingerprint density at radius 1 is 1.22 bits per heavy atom. The highest BCUT2D eigenvalue weighted by atomic mass is 79.9. The van der Waals surface area contributed by atoms with Crippen LogP contribution in [0.3, 0.4) is 0 Å². The molecule has 0 amide bonds. The van der Waals surface area contributed by atoms with Crippen molar-refractivity contribution in [2.24, 2.45) is 0 Å². The van der Waals surface area contributed by atoms with Crippen LogP contribution in [0.15, 0.2) is 12.1 Å². The number of ether oxygens (including phenoxy) is 2. The fourth-order valence-electron chi connectivity index (χ4n) is 1.63. The van der Waals surface area contributed by atoms with Gasteiger partial charge in [0.1, 0.15) is 13.2 Å². The van der Waals surface area contributed by atoms with Gasteiger partial charge in [0, 0.05) is 15.9 Å². The predicted molar refractivity (Wildman–Crippen MR) is 64.8 cm³/mol. The molecule has 1 aliphatic heterocycles. The first-order valence-electron chi connectivity index (χ1n) is 5.16. The average molecular weight is 346 g/mol. The second-order valence-electron chi connectivity index (χ2n) is 3.80. The molecule has 0 fully saturated rings. The molecule has 0 spiro atoms. The molecule has 2 nitrogen and oxygen atoms in total. The van der Waals surface area contributed by atoms with Crippen LogP contribution in [0, 0.1) is 0 Å². The molecule has 0 aromatic heterocycles. The van der Waals surface area contributed by atoms with E-state index in [1.807, 2.05) is 0 Å². The molecular formula is C11H9BrClF3O2. The molecule has 1 aromatic rings. The van der Waals surface area contributed by atoms with Gasteiger partial charge in [0.2, 0.25) is 0 Å². The van der Waals surface area contributed by atoms with Crippen molar-refractivity contribution < 1.29 is 22.6 Å². The van der Waals surface area contributed by atoms with E-state index in [1.165, 1.54) is 12.1 Å². The van der Waals surface area contributed by atoms with Gasteiger partial charge in [0.25, 0.3) is 0 Å². The molecular weight excluding hydrogens is 336 g/mol. The first-order chi connectivity index (χ1) is 8.37. The molecule has 0 radical (unpaired) electrons. The zero-order chi connectivity index (χ0) is 13.3. The van der Waals surface area contributed by atoms with Crippen LogP contribution in [0.1, 0.15) is 16.8 Å². The SMILES string of the molecule is FC(F)(F)CC(Br)c1cc2c(cc1Cl)OCCO2. The van der Waals surface area contributed by atoms with Gasteiger partial charge in [0.05, 0.1) is 6.42 Å². The van der Waals surface area contributed by atoms with Crippen molar-refractivity contribution in [2.45, 2.75) is 17.4 Å². The van der Waals surface area contributed by atoms with Gasteiger partial charge >= 0.3 is 6.18 Å². The molecule has 1 heterocycles. The van der Waals surface area contributed by atoms with E-state index in [4.69, 9.17) is 21.1 Å². The molecule has 0 aliphatic carbocycles. The summed E-state index contributed by atoms with van der Waals surface area (Å²) in [6, 6.07) is 2.97. The Morgan fingerprint density at radius 2 is 1.78 bits per heavy atom. The van der Waals surface area contributed by atoms with Gasteiger partial charge < -0.3 is 9.47 Å². The van der Waals surface area contributed by atoms with E-state index in [9.17, 15) is 13.2 Å². The zero-order valence-corrected chi connectivity index (χ0v) is 11.4. The Morgan fingerprint density at radius 3 is 2.33 bits per heavy atom. The van der Waals surface area contributed by atoms with E-state index in [-0.39, 0.29) is 5.02 Å². The molecule has 2 rings (SSSR count). The van der Waals surface area contributed by atoms with Gasteiger partial charge in [-0.05, 0) is 11.6 Å². The lowest BCUT2D eigenvalue weighted by molar-refractivity contribution is -0.134.